The number of hydrogen-bond acceptors (Lipinski definition) is 2. The topological polar surface area (TPSA) is 12.0 Å². The van der Waals surface area contributed by atoms with Crippen molar-refractivity contribution in [2.75, 3.05) is 5.32 Å². The van der Waals surface area contributed by atoms with Crippen molar-refractivity contribution in [2.45, 2.75) is 33.2 Å². The summed E-state index contributed by atoms with van der Waals surface area (Å²) in [5.41, 5.74) is 5.38. The summed E-state index contributed by atoms with van der Waals surface area (Å²) >= 11 is 1.75. The lowest BCUT2D eigenvalue weighted by atomic mass is 10.0. The predicted molar refractivity (Wildman–Crippen MR) is 76.9 cm³/mol. The first kappa shape index (κ1) is 12.2. The van der Waals surface area contributed by atoms with Crippen LogP contribution in [0.5, 0.6) is 0 Å². The standard InChI is InChI=1S/C15H19NS/c1-4-13-7-5-6-11(2)15(13)16-12(3)14-8-9-17-10-14/h5-10,12,16H,4H2,1-3H3. The van der Waals surface area contributed by atoms with Crippen molar-refractivity contribution in [3.05, 3.63) is 51.7 Å². The van der Waals surface area contributed by atoms with Crippen molar-refractivity contribution in [1.29, 1.82) is 0 Å². The molecule has 1 atom stereocenters. The number of para-hydroxylation sites is 1. The first-order valence-electron chi connectivity index (χ1n) is 6.09. The molecule has 1 nitrogen and oxygen atoms in total. The molecule has 17 heavy (non-hydrogen) atoms. The molecule has 2 heteroatoms. The molecule has 90 valence electrons. The van der Waals surface area contributed by atoms with Crippen LogP contribution in [0.15, 0.2) is 35.0 Å². The lowest BCUT2D eigenvalue weighted by molar-refractivity contribution is 0.882. The second kappa shape index (κ2) is 5.37. The summed E-state index contributed by atoms with van der Waals surface area (Å²) in [4.78, 5) is 0. The molecule has 2 rings (SSSR count). The smallest absolute Gasteiger partial charge is 0.0494 e. The molecule has 1 heterocycles. The highest BCUT2D eigenvalue weighted by Crippen LogP contribution is 2.27. The average Bonchev–Trinajstić information content (AvgIpc) is 2.85. The second-order valence-electron chi connectivity index (χ2n) is 4.39. The Morgan fingerprint density at radius 1 is 1.29 bits per heavy atom. The van der Waals surface area contributed by atoms with Crippen LogP contribution < -0.4 is 5.32 Å². The van der Waals surface area contributed by atoms with Crippen LogP contribution in [0.4, 0.5) is 5.69 Å². The maximum Gasteiger partial charge on any atom is 0.0494 e. The van der Waals surface area contributed by atoms with Crippen molar-refractivity contribution in [2.24, 2.45) is 0 Å². The van der Waals surface area contributed by atoms with Gasteiger partial charge in [-0.05, 0) is 53.8 Å². The quantitative estimate of drug-likeness (QED) is 0.816. The number of nitrogens with one attached hydrogen (secondary N) is 1. The monoisotopic (exact) mass is 245 g/mol. The van der Waals surface area contributed by atoms with Crippen molar-refractivity contribution >= 4 is 17.0 Å². The molecule has 0 aliphatic rings. The zero-order valence-electron chi connectivity index (χ0n) is 10.7. The Bertz CT molecular complexity index is 474. The molecule has 0 saturated heterocycles. The minimum atomic E-state index is 0.368. The van der Waals surface area contributed by atoms with E-state index in [-0.39, 0.29) is 0 Å². The predicted octanol–water partition coefficient (Wildman–Crippen LogP) is 4.79. The largest absolute Gasteiger partial charge is 0.378 e. The van der Waals surface area contributed by atoms with Crippen molar-refractivity contribution in [1.82, 2.24) is 0 Å². The summed E-state index contributed by atoms with van der Waals surface area (Å²) in [6.45, 7) is 6.59. The third-order valence-corrected chi connectivity index (χ3v) is 3.85. The van der Waals surface area contributed by atoms with Crippen molar-refractivity contribution in [3.8, 4) is 0 Å². The van der Waals surface area contributed by atoms with Gasteiger partial charge in [0.1, 0.15) is 0 Å². The zero-order chi connectivity index (χ0) is 12.3. The van der Waals surface area contributed by atoms with E-state index in [0.717, 1.165) is 6.42 Å². The lowest BCUT2D eigenvalue weighted by Crippen LogP contribution is -2.08. The van der Waals surface area contributed by atoms with E-state index in [9.17, 15) is 0 Å². The minimum Gasteiger partial charge on any atom is -0.378 e. The van der Waals surface area contributed by atoms with Crippen molar-refractivity contribution in [3.63, 3.8) is 0 Å². The van der Waals surface area contributed by atoms with E-state index in [1.54, 1.807) is 11.3 Å². The number of thiophene rings is 1. The molecular weight excluding hydrogens is 226 g/mol. The van der Waals surface area contributed by atoms with Gasteiger partial charge in [0, 0.05) is 11.7 Å². The first-order valence-corrected chi connectivity index (χ1v) is 7.03. The van der Waals surface area contributed by atoms with E-state index in [4.69, 9.17) is 0 Å². The van der Waals surface area contributed by atoms with Gasteiger partial charge in [0.15, 0.2) is 0 Å². The molecule has 0 amide bonds. The maximum absolute atomic E-state index is 3.64. The highest BCUT2D eigenvalue weighted by Gasteiger charge is 2.09. The third kappa shape index (κ3) is 2.70. The van der Waals surface area contributed by atoms with Gasteiger partial charge in [0.25, 0.3) is 0 Å². The van der Waals surface area contributed by atoms with E-state index < -0.39 is 0 Å². The molecule has 0 saturated carbocycles. The summed E-state index contributed by atoms with van der Waals surface area (Å²) in [6, 6.07) is 9.06. The minimum absolute atomic E-state index is 0.368. The lowest BCUT2D eigenvalue weighted by Gasteiger charge is -2.19. The molecule has 2 aromatic rings. The van der Waals surface area contributed by atoms with Gasteiger partial charge in [-0.25, -0.2) is 0 Å². The summed E-state index contributed by atoms with van der Waals surface area (Å²) in [6.07, 6.45) is 1.07. The van der Waals surface area contributed by atoms with E-state index in [1.807, 2.05) is 0 Å². The van der Waals surface area contributed by atoms with Crippen LogP contribution >= 0.6 is 11.3 Å². The fourth-order valence-corrected chi connectivity index (χ4v) is 2.81. The zero-order valence-corrected chi connectivity index (χ0v) is 11.5. The molecule has 1 unspecified atom stereocenters. The first-order chi connectivity index (χ1) is 8.22. The Labute approximate surface area is 108 Å². The Hall–Kier alpha value is -1.28. The van der Waals surface area contributed by atoms with Gasteiger partial charge in [0.05, 0.1) is 0 Å². The van der Waals surface area contributed by atoms with Crippen LogP contribution in [0, 0.1) is 6.92 Å². The van der Waals surface area contributed by atoms with Crippen LogP contribution in [0.2, 0.25) is 0 Å². The SMILES string of the molecule is CCc1cccc(C)c1NC(C)c1ccsc1. The summed E-state index contributed by atoms with van der Waals surface area (Å²) in [5, 5.41) is 7.98. The highest BCUT2D eigenvalue weighted by molar-refractivity contribution is 7.07. The normalized spacial score (nSPS) is 12.4. The van der Waals surface area contributed by atoms with E-state index >= 15 is 0 Å². The molecule has 0 radical (unpaired) electrons. The maximum atomic E-state index is 3.64. The third-order valence-electron chi connectivity index (χ3n) is 3.14. The van der Waals surface area contributed by atoms with Crippen LogP contribution in [-0.2, 0) is 6.42 Å². The van der Waals surface area contributed by atoms with E-state index in [2.05, 4.69) is 61.1 Å². The van der Waals surface area contributed by atoms with Crippen molar-refractivity contribution < 1.29 is 0 Å². The van der Waals surface area contributed by atoms with Crippen LogP contribution in [-0.4, -0.2) is 0 Å². The Morgan fingerprint density at radius 2 is 2.12 bits per heavy atom. The Morgan fingerprint density at radius 3 is 2.76 bits per heavy atom. The van der Waals surface area contributed by atoms with Crippen LogP contribution in [0.3, 0.4) is 0 Å². The van der Waals surface area contributed by atoms with Gasteiger partial charge in [0.2, 0.25) is 0 Å². The van der Waals surface area contributed by atoms with Gasteiger partial charge < -0.3 is 5.32 Å². The van der Waals surface area contributed by atoms with Crippen LogP contribution in [0.1, 0.15) is 36.6 Å². The number of aryl methyl sites for hydroxylation is 2. The Balaban J connectivity index is 2.24. The van der Waals surface area contributed by atoms with Gasteiger partial charge >= 0.3 is 0 Å². The summed E-state index contributed by atoms with van der Waals surface area (Å²) in [7, 11) is 0. The molecule has 0 aliphatic heterocycles. The molecule has 1 aromatic carbocycles. The molecule has 0 spiro atoms. The highest BCUT2D eigenvalue weighted by atomic mass is 32.1. The molecule has 0 aliphatic carbocycles. The summed E-state index contributed by atoms with van der Waals surface area (Å²) < 4.78 is 0. The van der Waals surface area contributed by atoms with Gasteiger partial charge in [-0.15, -0.1) is 0 Å². The molecular formula is C15H19NS. The number of benzene rings is 1. The fraction of sp³-hybridized carbons (Fsp3) is 0.333. The molecule has 0 fully saturated rings. The second-order valence-corrected chi connectivity index (χ2v) is 5.17. The van der Waals surface area contributed by atoms with Gasteiger partial charge in [-0.1, -0.05) is 25.1 Å². The van der Waals surface area contributed by atoms with Gasteiger partial charge in [-0.2, -0.15) is 11.3 Å². The average molecular weight is 245 g/mol. The van der Waals surface area contributed by atoms with Crippen LogP contribution in [0.25, 0.3) is 0 Å². The van der Waals surface area contributed by atoms with Gasteiger partial charge in [-0.3, -0.25) is 0 Å². The molecule has 1 aromatic heterocycles. The Kier molecular flexibility index (Phi) is 3.85. The fourth-order valence-electron chi connectivity index (χ4n) is 2.05. The number of hydrogen-bond donors (Lipinski definition) is 1. The number of rotatable bonds is 4. The molecule has 0 bridgehead atoms. The number of anilines is 1. The summed E-state index contributed by atoms with van der Waals surface area (Å²) in [5.74, 6) is 0. The van der Waals surface area contributed by atoms with E-state index in [0.29, 0.717) is 6.04 Å². The van der Waals surface area contributed by atoms with E-state index in [1.165, 1.54) is 22.4 Å². The molecule has 1 N–H and O–H groups in total.